The zero-order chi connectivity index (χ0) is 14.0. The molecule has 100 valence electrons. The van der Waals surface area contributed by atoms with Crippen LogP contribution in [-0.2, 0) is 9.59 Å². The van der Waals surface area contributed by atoms with Gasteiger partial charge in [0.1, 0.15) is 5.25 Å². The summed E-state index contributed by atoms with van der Waals surface area (Å²) < 4.78 is 0. The Hall–Kier alpha value is -1.82. The van der Waals surface area contributed by atoms with Crippen LogP contribution in [0.15, 0.2) is 23.2 Å². The molecule has 0 saturated carbocycles. The first-order valence-electron chi connectivity index (χ1n) is 5.88. The molecule has 19 heavy (non-hydrogen) atoms. The van der Waals surface area contributed by atoms with E-state index in [1.807, 2.05) is 32.0 Å². The number of aryl methyl sites for hydroxylation is 1. The standard InChI is InChI=1S/C13H15N3O2S/c1-7-4-3-5-9(8(7)2)15-11(17)6-10-12(18)16-13(14)19-10/h3-5,10H,6H2,1-2H3,(H,15,17)(H2,14,16,18)/t10-/m0/s1. The Labute approximate surface area is 115 Å². The van der Waals surface area contributed by atoms with Gasteiger partial charge in [-0.1, -0.05) is 23.9 Å². The second-order valence-electron chi connectivity index (χ2n) is 4.39. The molecule has 0 spiro atoms. The van der Waals surface area contributed by atoms with Crippen LogP contribution in [0.25, 0.3) is 0 Å². The highest BCUT2D eigenvalue weighted by molar-refractivity contribution is 8.15. The number of amidine groups is 1. The molecule has 5 nitrogen and oxygen atoms in total. The third-order valence-corrected chi connectivity index (χ3v) is 3.99. The van der Waals surface area contributed by atoms with E-state index < -0.39 is 5.25 Å². The van der Waals surface area contributed by atoms with Gasteiger partial charge < -0.3 is 11.1 Å². The highest BCUT2D eigenvalue weighted by Gasteiger charge is 2.29. The van der Waals surface area contributed by atoms with Gasteiger partial charge in [0.05, 0.1) is 0 Å². The van der Waals surface area contributed by atoms with Crippen LogP contribution in [-0.4, -0.2) is 22.2 Å². The molecule has 1 aromatic rings. The molecular weight excluding hydrogens is 262 g/mol. The molecule has 1 heterocycles. The van der Waals surface area contributed by atoms with Gasteiger partial charge in [0.15, 0.2) is 5.17 Å². The molecule has 0 radical (unpaired) electrons. The lowest BCUT2D eigenvalue weighted by Gasteiger charge is -2.11. The fourth-order valence-corrected chi connectivity index (χ4v) is 2.61. The summed E-state index contributed by atoms with van der Waals surface area (Å²) in [4.78, 5) is 26.9. The number of amides is 2. The zero-order valence-electron chi connectivity index (χ0n) is 10.8. The van der Waals surface area contributed by atoms with Crippen molar-refractivity contribution in [3.8, 4) is 0 Å². The molecular formula is C13H15N3O2S. The molecule has 1 atom stereocenters. The summed E-state index contributed by atoms with van der Waals surface area (Å²) in [5.41, 5.74) is 8.35. The van der Waals surface area contributed by atoms with Gasteiger partial charge in [0, 0.05) is 12.1 Å². The maximum absolute atomic E-state index is 11.9. The van der Waals surface area contributed by atoms with Crippen molar-refractivity contribution in [3.05, 3.63) is 29.3 Å². The van der Waals surface area contributed by atoms with Crippen molar-refractivity contribution in [1.29, 1.82) is 0 Å². The largest absolute Gasteiger partial charge is 0.378 e. The molecule has 1 aromatic carbocycles. The SMILES string of the molecule is Cc1cccc(NC(=O)C[C@@H]2SC(N)=NC2=O)c1C. The Kier molecular flexibility index (Phi) is 3.90. The number of rotatable bonds is 3. The van der Waals surface area contributed by atoms with Gasteiger partial charge in [0.25, 0.3) is 5.91 Å². The van der Waals surface area contributed by atoms with Crippen molar-refractivity contribution >= 4 is 34.4 Å². The van der Waals surface area contributed by atoms with E-state index >= 15 is 0 Å². The Morgan fingerprint density at radius 2 is 2.21 bits per heavy atom. The fraction of sp³-hybridized carbons (Fsp3) is 0.308. The number of nitrogens with two attached hydrogens (primary N) is 1. The molecule has 0 unspecified atom stereocenters. The Morgan fingerprint density at radius 1 is 1.47 bits per heavy atom. The van der Waals surface area contributed by atoms with Gasteiger partial charge in [-0.15, -0.1) is 0 Å². The number of anilines is 1. The summed E-state index contributed by atoms with van der Waals surface area (Å²) in [6, 6.07) is 5.71. The minimum absolute atomic E-state index is 0.0844. The zero-order valence-corrected chi connectivity index (χ0v) is 11.6. The van der Waals surface area contributed by atoms with Crippen molar-refractivity contribution in [2.75, 3.05) is 5.32 Å². The van der Waals surface area contributed by atoms with Crippen molar-refractivity contribution in [1.82, 2.24) is 0 Å². The number of benzene rings is 1. The van der Waals surface area contributed by atoms with E-state index in [2.05, 4.69) is 10.3 Å². The van der Waals surface area contributed by atoms with Gasteiger partial charge >= 0.3 is 0 Å². The molecule has 3 N–H and O–H groups in total. The van der Waals surface area contributed by atoms with Crippen molar-refractivity contribution in [2.24, 2.45) is 10.7 Å². The summed E-state index contributed by atoms with van der Waals surface area (Å²) in [5, 5.41) is 2.55. The molecule has 0 aromatic heterocycles. The third-order valence-electron chi connectivity index (χ3n) is 3.01. The van der Waals surface area contributed by atoms with Crippen LogP contribution in [0.3, 0.4) is 0 Å². The quantitative estimate of drug-likeness (QED) is 0.878. The van der Waals surface area contributed by atoms with Gasteiger partial charge in [-0.05, 0) is 31.0 Å². The molecule has 6 heteroatoms. The van der Waals surface area contributed by atoms with Crippen LogP contribution < -0.4 is 11.1 Å². The lowest BCUT2D eigenvalue weighted by Crippen LogP contribution is -2.22. The summed E-state index contributed by atoms with van der Waals surface area (Å²) in [6.07, 6.45) is 0.0844. The average Bonchev–Trinajstić information content (AvgIpc) is 2.64. The molecule has 1 aliphatic rings. The lowest BCUT2D eigenvalue weighted by atomic mass is 10.1. The van der Waals surface area contributed by atoms with Crippen LogP contribution in [0, 0.1) is 13.8 Å². The number of hydrogen-bond donors (Lipinski definition) is 2. The molecule has 0 saturated heterocycles. The van der Waals surface area contributed by atoms with Crippen molar-refractivity contribution in [3.63, 3.8) is 0 Å². The number of nitrogens with one attached hydrogen (secondary N) is 1. The first-order chi connectivity index (χ1) is 8.97. The summed E-state index contributed by atoms with van der Waals surface area (Å²) in [5.74, 6) is -0.539. The van der Waals surface area contributed by atoms with E-state index in [1.54, 1.807) is 0 Å². The number of nitrogens with zero attached hydrogens (tertiary/aromatic N) is 1. The van der Waals surface area contributed by atoms with Gasteiger partial charge in [-0.2, -0.15) is 4.99 Å². The topological polar surface area (TPSA) is 84.6 Å². The first kappa shape index (κ1) is 13.6. The monoisotopic (exact) mass is 277 g/mol. The van der Waals surface area contributed by atoms with Crippen molar-refractivity contribution in [2.45, 2.75) is 25.5 Å². The van der Waals surface area contributed by atoms with E-state index in [4.69, 9.17) is 5.73 Å². The molecule has 1 aliphatic heterocycles. The molecule has 2 rings (SSSR count). The van der Waals surface area contributed by atoms with E-state index in [-0.39, 0.29) is 23.4 Å². The van der Waals surface area contributed by atoms with Gasteiger partial charge in [-0.25, -0.2) is 0 Å². The van der Waals surface area contributed by atoms with E-state index in [0.717, 1.165) is 28.6 Å². The van der Waals surface area contributed by atoms with Crippen LogP contribution in [0.2, 0.25) is 0 Å². The molecule has 0 fully saturated rings. The predicted octanol–water partition coefficient (Wildman–Crippen LogP) is 1.59. The maximum atomic E-state index is 11.9. The van der Waals surface area contributed by atoms with Gasteiger partial charge in [0.2, 0.25) is 5.91 Å². The molecule has 2 amide bonds. The van der Waals surface area contributed by atoms with E-state index in [0.29, 0.717) is 0 Å². The highest BCUT2D eigenvalue weighted by atomic mass is 32.2. The summed E-state index contributed by atoms with van der Waals surface area (Å²) in [7, 11) is 0. The van der Waals surface area contributed by atoms with Crippen LogP contribution >= 0.6 is 11.8 Å². The van der Waals surface area contributed by atoms with E-state index in [1.165, 1.54) is 0 Å². The van der Waals surface area contributed by atoms with Crippen LogP contribution in [0.4, 0.5) is 5.69 Å². The van der Waals surface area contributed by atoms with Crippen LogP contribution in [0.5, 0.6) is 0 Å². The van der Waals surface area contributed by atoms with Crippen LogP contribution in [0.1, 0.15) is 17.5 Å². The number of aliphatic imine (C=N–C) groups is 1. The predicted molar refractivity (Wildman–Crippen MR) is 77.2 cm³/mol. The normalized spacial score (nSPS) is 18.3. The van der Waals surface area contributed by atoms with Crippen molar-refractivity contribution < 1.29 is 9.59 Å². The highest BCUT2D eigenvalue weighted by Crippen LogP contribution is 2.24. The number of carbonyl (C=O) groups is 2. The minimum atomic E-state index is -0.495. The lowest BCUT2D eigenvalue weighted by molar-refractivity contribution is -0.121. The Morgan fingerprint density at radius 3 is 2.84 bits per heavy atom. The molecule has 0 aliphatic carbocycles. The first-order valence-corrected chi connectivity index (χ1v) is 6.76. The maximum Gasteiger partial charge on any atom is 0.262 e. The smallest absolute Gasteiger partial charge is 0.262 e. The Balaban J connectivity index is 1.99. The van der Waals surface area contributed by atoms with Gasteiger partial charge in [-0.3, -0.25) is 9.59 Å². The second-order valence-corrected chi connectivity index (χ2v) is 5.62. The average molecular weight is 277 g/mol. The summed E-state index contributed by atoms with van der Waals surface area (Å²) >= 11 is 1.14. The fourth-order valence-electron chi connectivity index (χ4n) is 1.79. The number of thioether (sulfide) groups is 1. The van der Waals surface area contributed by atoms with E-state index in [9.17, 15) is 9.59 Å². The Bertz CT molecular complexity index is 569. The number of hydrogen-bond acceptors (Lipinski definition) is 4. The number of carbonyl (C=O) groups excluding carboxylic acids is 2. The molecule has 0 bridgehead atoms. The summed E-state index contributed by atoms with van der Waals surface area (Å²) in [6.45, 7) is 3.93. The third kappa shape index (κ3) is 3.14. The second kappa shape index (κ2) is 5.44. The minimum Gasteiger partial charge on any atom is -0.378 e.